The second-order valence-electron chi connectivity index (χ2n) is 3.03. The summed E-state index contributed by atoms with van der Waals surface area (Å²) < 4.78 is 9.45. The van der Waals surface area contributed by atoms with Crippen LogP contribution in [0.5, 0.6) is 0 Å². The number of rotatable bonds is 4. The van der Waals surface area contributed by atoms with E-state index in [0.717, 1.165) is 6.54 Å². The summed E-state index contributed by atoms with van der Waals surface area (Å²) in [7, 11) is 1.71. The third-order valence-corrected chi connectivity index (χ3v) is 2.26. The van der Waals surface area contributed by atoms with E-state index in [1.165, 1.54) is 5.82 Å². The van der Waals surface area contributed by atoms with Gasteiger partial charge in [-0.05, 0) is 0 Å². The van der Waals surface area contributed by atoms with E-state index in [9.17, 15) is 0 Å². The minimum absolute atomic E-state index is 0. The van der Waals surface area contributed by atoms with Gasteiger partial charge in [0.1, 0.15) is 18.9 Å². The fraction of sp³-hybridized carbons (Fsp3) is 0.500. The Kier molecular flexibility index (Phi) is 5.50. The number of ether oxygens (including phenoxy) is 1. The summed E-state index contributed by atoms with van der Waals surface area (Å²) in [4.78, 5) is 0. The molecule has 0 aliphatic rings. The van der Waals surface area contributed by atoms with Gasteiger partial charge in [0.25, 0.3) is 5.82 Å². The Labute approximate surface area is 91.4 Å². The maximum atomic E-state index is 5.23. The van der Waals surface area contributed by atoms with Crippen LogP contribution in [-0.4, -0.2) is 11.7 Å². The van der Waals surface area contributed by atoms with Crippen molar-refractivity contribution in [3.8, 4) is 0 Å². The first-order chi connectivity index (χ1) is 6.20. The van der Waals surface area contributed by atoms with Crippen LogP contribution in [0.3, 0.4) is 0 Å². The monoisotopic (exact) mass is 216 g/mol. The number of halogens is 1. The number of aromatic nitrogens is 2. The van der Waals surface area contributed by atoms with Crippen LogP contribution in [0.1, 0.15) is 19.0 Å². The second kappa shape index (κ2) is 5.83. The number of methoxy groups -OCH3 is 1. The molecule has 0 aromatic carbocycles. The van der Waals surface area contributed by atoms with Crippen molar-refractivity contribution < 1.29 is 21.7 Å². The van der Waals surface area contributed by atoms with Crippen molar-refractivity contribution in [2.45, 2.75) is 26.6 Å². The van der Waals surface area contributed by atoms with E-state index in [1.54, 1.807) is 7.11 Å². The molecule has 1 aromatic heterocycles. The van der Waals surface area contributed by atoms with Crippen molar-refractivity contribution >= 4 is 0 Å². The molecule has 0 radical (unpaired) electrons. The van der Waals surface area contributed by atoms with Gasteiger partial charge in [0, 0.05) is 21.0 Å². The minimum atomic E-state index is 0. The number of hydrogen-bond donors (Lipinski definition) is 0. The highest BCUT2D eigenvalue weighted by atomic mass is 35.5. The van der Waals surface area contributed by atoms with Crippen LogP contribution in [0, 0.1) is 6.92 Å². The molecule has 0 N–H and O–H groups in total. The lowest BCUT2D eigenvalue weighted by atomic mass is 10.5. The van der Waals surface area contributed by atoms with Crippen molar-refractivity contribution in [3.05, 3.63) is 30.9 Å². The van der Waals surface area contributed by atoms with Gasteiger partial charge in [-0.2, -0.15) is 0 Å². The first kappa shape index (κ1) is 13.2. The second-order valence-corrected chi connectivity index (χ2v) is 3.03. The van der Waals surface area contributed by atoms with Crippen LogP contribution >= 0.6 is 0 Å². The molecule has 14 heavy (non-hydrogen) atoms. The predicted molar refractivity (Wildman–Crippen MR) is 51.3 cm³/mol. The number of nitrogens with zero attached hydrogens (tertiary/aromatic N) is 2. The molecular weight excluding hydrogens is 200 g/mol. The van der Waals surface area contributed by atoms with E-state index in [2.05, 4.69) is 22.6 Å². The van der Waals surface area contributed by atoms with Gasteiger partial charge in [-0.15, -0.1) is 0 Å². The molecule has 1 atom stereocenters. The van der Waals surface area contributed by atoms with Crippen molar-refractivity contribution in [3.63, 3.8) is 0 Å². The maximum absolute atomic E-state index is 5.23. The van der Waals surface area contributed by atoms with Gasteiger partial charge >= 0.3 is 0 Å². The first-order valence-corrected chi connectivity index (χ1v) is 4.41. The lowest BCUT2D eigenvalue weighted by Gasteiger charge is -2.06. The lowest BCUT2D eigenvalue weighted by Crippen LogP contribution is -3.00. The van der Waals surface area contributed by atoms with E-state index >= 15 is 0 Å². The zero-order valence-electron chi connectivity index (χ0n) is 8.90. The third-order valence-electron chi connectivity index (χ3n) is 2.26. The summed E-state index contributed by atoms with van der Waals surface area (Å²) in [6.07, 6.45) is 6.03. The standard InChI is InChI=1S/C10H17N2O.ClH/c1-5-6-11-7-8-12(9(11)2)10(3)13-4;/h5,7-8,10H,1,6H2,2-4H3;1H/q+1;/p-1. The smallest absolute Gasteiger partial charge is 0.255 e. The molecule has 0 saturated carbocycles. The Bertz CT molecular complexity index is 296. The molecule has 0 aliphatic carbocycles. The molecule has 0 spiro atoms. The molecule has 3 nitrogen and oxygen atoms in total. The normalized spacial score (nSPS) is 11.9. The molecule has 0 saturated heterocycles. The molecule has 4 heteroatoms. The van der Waals surface area contributed by atoms with Crippen molar-refractivity contribution in [1.29, 1.82) is 0 Å². The van der Waals surface area contributed by atoms with Crippen LogP contribution in [0.2, 0.25) is 0 Å². The molecule has 1 aromatic rings. The van der Waals surface area contributed by atoms with Gasteiger partial charge in [0.2, 0.25) is 0 Å². The summed E-state index contributed by atoms with van der Waals surface area (Å²) in [5.41, 5.74) is 0. The Morgan fingerprint density at radius 1 is 1.71 bits per heavy atom. The quantitative estimate of drug-likeness (QED) is 0.440. The highest BCUT2D eigenvalue weighted by molar-refractivity contribution is 4.81. The van der Waals surface area contributed by atoms with Gasteiger partial charge in [0.05, 0.1) is 0 Å². The molecule has 80 valence electrons. The van der Waals surface area contributed by atoms with E-state index in [0.29, 0.717) is 0 Å². The summed E-state index contributed by atoms with van der Waals surface area (Å²) in [6, 6.07) is 0. The van der Waals surface area contributed by atoms with Crippen LogP contribution < -0.4 is 17.0 Å². The van der Waals surface area contributed by atoms with Crippen LogP contribution in [-0.2, 0) is 11.3 Å². The first-order valence-electron chi connectivity index (χ1n) is 4.41. The highest BCUT2D eigenvalue weighted by Crippen LogP contribution is 2.07. The van der Waals surface area contributed by atoms with Gasteiger partial charge in [-0.3, -0.25) is 0 Å². The highest BCUT2D eigenvalue weighted by Gasteiger charge is 2.15. The fourth-order valence-corrected chi connectivity index (χ4v) is 1.35. The van der Waals surface area contributed by atoms with Gasteiger partial charge in [0.15, 0.2) is 6.23 Å². The fourth-order valence-electron chi connectivity index (χ4n) is 1.35. The van der Waals surface area contributed by atoms with E-state index in [1.807, 2.05) is 25.4 Å². The number of allylic oxidation sites excluding steroid dienone is 1. The van der Waals surface area contributed by atoms with E-state index in [4.69, 9.17) is 4.74 Å². The third kappa shape index (κ3) is 2.59. The topological polar surface area (TPSA) is 18.0 Å². The van der Waals surface area contributed by atoms with Crippen LogP contribution in [0.4, 0.5) is 0 Å². The molecule has 0 bridgehead atoms. The molecule has 0 fully saturated rings. The Balaban J connectivity index is 0.00000169. The van der Waals surface area contributed by atoms with Gasteiger partial charge in [-0.1, -0.05) is 12.7 Å². The van der Waals surface area contributed by atoms with Gasteiger partial charge in [-0.25, -0.2) is 9.13 Å². The SMILES string of the molecule is C=CC[n+]1ccn(C(C)OC)c1C.[Cl-]. The minimum Gasteiger partial charge on any atom is -1.00 e. The number of imidazole rings is 1. The van der Waals surface area contributed by atoms with Crippen LogP contribution in [0.15, 0.2) is 25.0 Å². The Morgan fingerprint density at radius 3 is 2.86 bits per heavy atom. The molecule has 1 heterocycles. The van der Waals surface area contributed by atoms with Gasteiger partial charge < -0.3 is 17.1 Å². The molecule has 0 amide bonds. The van der Waals surface area contributed by atoms with Crippen molar-refractivity contribution in [2.24, 2.45) is 0 Å². The average molecular weight is 217 g/mol. The van der Waals surface area contributed by atoms with Crippen molar-refractivity contribution in [1.82, 2.24) is 4.57 Å². The Hall–Kier alpha value is -0.800. The average Bonchev–Trinajstić information content (AvgIpc) is 2.48. The van der Waals surface area contributed by atoms with E-state index < -0.39 is 0 Å². The zero-order chi connectivity index (χ0) is 9.84. The maximum Gasteiger partial charge on any atom is 0.255 e. The summed E-state index contributed by atoms with van der Waals surface area (Å²) in [6.45, 7) is 8.64. The van der Waals surface area contributed by atoms with Crippen molar-refractivity contribution in [2.75, 3.05) is 7.11 Å². The largest absolute Gasteiger partial charge is 1.00 e. The summed E-state index contributed by atoms with van der Waals surface area (Å²) in [5, 5.41) is 0. The number of hydrogen-bond acceptors (Lipinski definition) is 1. The lowest BCUT2D eigenvalue weighted by molar-refractivity contribution is -0.692. The molecule has 0 aliphatic heterocycles. The molecule has 1 rings (SSSR count). The summed E-state index contributed by atoms with van der Waals surface area (Å²) in [5.74, 6) is 1.18. The predicted octanol–water partition coefficient (Wildman–Crippen LogP) is -1.56. The molecule has 1 unspecified atom stereocenters. The zero-order valence-corrected chi connectivity index (χ0v) is 9.66. The summed E-state index contributed by atoms with van der Waals surface area (Å²) >= 11 is 0. The Morgan fingerprint density at radius 2 is 2.36 bits per heavy atom. The van der Waals surface area contributed by atoms with E-state index in [-0.39, 0.29) is 18.6 Å². The van der Waals surface area contributed by atoms with Crippen LogP contribution in [0.25, 0.3) is 0 Å². The molecular formula is C10H17ClN2O.